The number of aliphatic hydroxyl groups excluding tert-OH is 2. The summed E-state index contributed by atoms with van der Waals surface area (Å²) in [6.07, 6.45) is -1.11. The summed E-state index contributed by atoms with van der Waals surface area (Å²) in [5.41, 5.74) is -9.56. The first-order chi connectivity index (χ1) is 25.8. The number of hydrogen-bond acceptors (Lipinski definition) is 12. The molecule has 1 amide bonds. The lowest BCUT2D eigenvalue weighted by molar-refractivity contribution is -0.379. The Morgan fingerprint density at radius 3 is 2.40 bits per heavy atom. The van der Waals surface area contributed by atoms with E-state index in [4.69, 9.17) is 14.2 Å². The van der Waals surface area contributed by atoms with Gasteiger partial charge in [0.1, 0.15) is 10.8 Å². The van der Waals surface area contributed by atoms with Crippen molar-refractivity contribution in [1.82, 2.24) is 5.32 Å². The van der Waals surface area contributed by atoms with Crippen molar-refractivity contribution in [3.63, 3.8) is 0 Å². The maximum absolute atomic E-state index is 16.5. The fraction of sp³-hybridized carbons (Fsp3) is 0.690. The first-order valence-electron chi connectivity index (χ1n) is 19.8. The first kappa shape index (κ1) is 36.0. The highest BCUT2D eigenvalue weighted by Gasteiger charge is 3.04. The molecule has 4 bridgehead atoms. The summed E-state index contributed by atoms with van der Waals surface area (Å²) in [6.45, 7) is 12.3. The lowest BCUT2D eigenvalue weighted by Crippen LogP contribution is -2.84. The lowest BCUT2D eigenvalue weighted by Gasteiger charge is -2.67. The minimum atomic E-state index is -3.27. The molecule has 294 valence electrons. The highest BCUT2D eigenvalue weighted by Crippen LogP contribution is 2.89. The fourth-order valence-electron chi connectivity index (χ4n) is 14.9. The molecule has 5 saturated heterocycles. The standard InChI is InChI=1S/C42H49NO12/c1-15(2)10-23-27-18(5)17(4)12-21-11-16(3)8-9-24(44)29-25-26(31(47)38(21,27)36(50)43-23)33-39-20(7)28(45)32(48)42(52,55-29)41(39,34(25)54-33)40(51)30(46)19(6)22-13-53-14-37(22,39)35(40)49/h11-12,15,18,21,23-27,29,33-34,44-45,51-52H,8-10,13-14H2,1-7H3,(H,43,50)/b16-11+/t18-,21+,23+,24-,25-,26-,27+,29-,33+,34-,37+,38+,39-,40+,41+,42-/m1/s1. The summed E-state index contributed by atoms with van der Waals surface area (Å²) < 4.78 is 19.5. The molecule has 1 saturated carbocycles. The number of allylic oxidation sites excluding steroid dienone is 4. The molecule has 5 N–H and O–H groups in total. The monoisotopic (exact) mass is 759 g/mol. The first-order valence-corrected chi connectivity index (χ1v) is 19.8. The molecule has 0 unspecified atom stereocenters. The van der Waals surface area contributed by atoms with Gasteiger partial charge in [0.05, 0.1) is 54.4 Å². The molecular formula is C42H49NO12. The summed E-state index contributed by atoms with van der Waals surface area (Å²) in [7, 11) is 0. The Morgan fingerprint density at radius 1 is 1.00 bits per heavy atom. The quantitative estimate of drug-likeness (QED) is 0.202. The Bertz CT molecular complexity index is 2100. The molecule has 3 spiro atoms. The number of carbonyl (C=O) groups is 5. The van der Waals surface area contributed by atoms with Gasteiger partial charge in [0.2, 0.25) is 17.3 Å². The highest BCUT2D eigenvalue weighted by atomic mass is 16.7. The van der Waals surface area contributed by atoms with E-state index >= 15 is 14.4 Å². The summed E-state index contributed by atoms with van der Waals surface area (Å²) in [5.74, 6) is -12.4. The van der Waals surface area contributed by atoms with Crippen LogP contribution < -0.4 is 5.32 Å². The molecule has 0 aromatic rings. The van der Waals surface area contributed by atoms with Gasteiger partial charge in [0, 0.05) is 23.8 Å². The molecular weight excluding hydrogens is 710 g/mol. The predicted octanol–water partition coefficient (Wildman–Crippen LogP) is 1.73. The number of carbonyl (C=O) groups excluding carboxylic acids is 5. The lowest BCUT2D eigenvalue weighted by atomic mass is 9.36. The van der Waals surface area contributed by atoms with Gasteiger partial charge in [-0.2, -0.15) is 0 Å². The number of ether oxygens (including phenoxy) is 3. The molecule has 13 heteroatoms. The maximum Gasteiger partial charge on any atom is 0.256 e. The molecule has 0 radical (unpaired) electrons. The van der Waals surface area contributed by atoms with E-state index in [0.717, 1.165) is 11.1 Å². The minimum Gasteiger partial charge on any atom is -0.504 e. The molecule has 13 nitrogen and oxygen atoms in total. The van der Waals surface area contributed by atoms with Crippen molar-refractivity contribution < 1.29 is 58.6 Å². The Balaban J connectivity index is 1.33. The van der Waals surface area contributed by atoms with Gasteiger partial charge >= 0.3 is 0 Å². The highest BCUT2D eigenvalue weighted by molar-refractivity contribution is 6.28. The number of fused-ring (bicyclic) bond motifs is 3. The molecule has 5 heterocycles. The van der Waals surface area contributed by atoms with Crippen LogP contribution in [-0.2, 0) is 38.2 Å². The van der Waals surface area contributed by atoms with Crippen molar-refractivity contribution >= 4 is 29.0 Å². The van der Waals surface area contributed by atoms with E-state index in [1.54, 1.807) is 0 Å². The average molecular weight is 760 g/mol. The van der Waals surface area contributed by atoms with Crippen molar-refractivity contribution in [3.8, 4) is 0 Å². The normalized spacial score (nSPS) is 54.1. The Labute approximate surface area is 318 Å². The van der Waals surface area contributed by atoms with Crippen LogP contribution in [0.25, 0.3) is 0 Å². The van der Waals surface area contributed by atoms with Crippen molar-refractivity contribution in [2.24, 2.45) is 57.2 Å². The van der Waals surface area contributed by atoms with Crippen LogP contribution in [0.15, 0.2) is 45.8 Å². The van der Waals surface area contributed by atoms with Gasteiger partial charge in [-0.3, -0.25) is 24.0 Å². The summed E-state index contributed by atoms with van der Waals surface area (Å²) in [6, 6.07) is -0.370. The van der Waals surface area contributed by atoms with Crippen molar-refractivity contribution in [1.29, 1.82) is 0 Å². The zero-order valence-corrected chi connectivity index (χ0v) is 32.1. The molecule has 6 fully saturated rings. The van der Waals surface area contributed by atoms with E-state index in [-0.39, 0.29) is 47.6 Å². The van der Waals surface area contributed by atoms with E-state index in [2.05, 4.69) is 19.2 Å². The topological polar surface area (TPSA) is 206 Å². The number of hydrogen-bond donors (Lipinski definition) is 5. The van der Waals surface area contributed by atoms with Crippen molar-refractivity contribution in [2.75, 3.05) is 13.2 Å². The molecule has 5 aliphatic heterocycles. The maximum atomic E-state index is 16.5. The number of Topliss-reactive ketones (excluding diaryl/α,β-unsaturated/α-hetero) is 4. The molecule has 10 aliphatic rings. The number of rotatable bonds is 2. The van der Waals surface area contributed by atoms with Crippen LogP contribution >= 0.6 is 0 Å². The smallest absolute Gasteiger partial charge is 0.256 e. The Morgan fingerprint density at radius 2 is 1.71 bits per heavy atom. The summed E-state index contributed by atoms with van der Waals surface area (Å²) in [5, 5.41) is 53.4. The van der Waals surface area contributed by atoms with E-state index in [0.29, 0.717) is 12.8 Å². The third-order valence-corrected chi connectivity index (χ3v) is 16.7. The van der Waals surface area contributed by atoms with Gasteiger partial charge in [0.25, 0.3) is 5.78 Å². The SMILES string of the molecule is CC1=C[C@@H]2/C=C(\C)CC[C@@H](O)[C@H]3O[C@]4(O)C(=O)C(O)=C(C)[C@]56[C@H]7O[C@H]([C@@H]3[C@@H]7C(=O)[C@]23C(=O)N[C@@H](CC(C)C)[C@@H]3[C@@H]1C)[C@@]54[C@]1(O)C(=O)C(C)=C2COC[C@@]26C1=O. The van der Waals surface area contributed by atoms with Gasteiger partial charge in [0.15, 0.2) is 23.1 Å². The van der Waals surface area contributed by atoms with Gasteiger partial charge in [-0.05, 0) is 75.5 Å². The van der Waals surface area contributed by atoms with E-state index < -0.39 is 123 Å². The second kappa shape index (κ2) is 10.4. The Hall–Kier alpha value is -3.33. The zero-order chi connectivity index (χ0) is 39.5. The summed E-state index contributed by atoms with van der Waals surface area (Å²) in [4.78, 5) is 76.2. The zero-order valence-electron chi connectivity index (χ0n) is 32.1. The molecule has 10 rings (SSSR count). The average Bonchev–Trinajstić information content (AvgIpc) is 3.91. The second-order valence-corrected chi connectivity index (χ2v) is 18.9. The molecule has 0 aromatic heterocycles. The van der Waals surface area contributed by atoms with E-state index in [1.807, 2.05) is 32.9 Å². The number of nitrogens with one attached hydrogen (secondary N) is 1. The van der Waals surface area contributed by atoms with E-state index in [1.165, 1.54) is 13.8 Å². The van der Waals surface area contributed by atoms with Crippen molar-refractivity contribution in [2.45, 2.75) is 110 Å². The molecule has 5 aliphatic carbocycles. The second-order valence-electron chi connectivity index (χ2n) is 18.9. The number of aliphatic hydroxyl groups is 4. The van der Waals surface area contributed by atoms with Crippen molar-refractivity contribution in [3.05, 3.63) is 45.8 Å². The largest absolute Gasteiger partial charge is 0.504 e. The van der Waals surface area contributed by atoms with Crippen LogP contribution in [0, 0.1) is 57.2 Å². The van der Waals surface area contributed by atoms with Gasteiger partial charge < -0.3 is 40.0 Å². The van der Waals surface area contributed by atoms with Crippen LogP contribution in [-0.4, -0.2) is 105 Å². The van der Waals surface area contributed by atoms with Crippen LogP contribution in [0.3, 0.4) is 0 Å². The number of ketones is 4. The fourth-order valence-corrected chi connectivity index (χ4v) is 14.9. The van der Waals surface area contributed by atoms with E-state index in [9.17, 15) is 30.0 Å². The summed E-state index contributed by atoms with van der Waals surface area (Å²) >= 11 is 0. The molecule has 55 heavy (non-hydrogen) atoms. The number of amides is 1. The molecule has 0 aromatic carbocycles. The van der Waals surface area contributed by atoms with Gasteiger partial charge in [-0.25, -0.2) is 0 Å². The van der Waals surface area contributed by atoms with Crippen LogP contribution in [0.4, 0.5) is 0 Å². The Kier molecular flexibility index (Phi) is 6.81. The predicted molar refractivity (Wildman–Crippen MR) is 189 cm³/mol. The third-order valence-electron chi connectivity index (χ3n) is 16.7. The van der Waals surface area contributed by atoms with Crippen LogP contribution in [0.2, 0.25) is 0 Å². The van der Waals surface area contributed by atoms with Crippen LogP contribution in [0.5, 0.6) is 0 Å². The van der Waals surface area contributed by atoms with Crippen LogP contribution in [0.1, 0.15) is 67.7 Å². The molecule has 16 atom stereocenters. The third kappa shape index (κ3) is 3.20. The van der Waals surface area contributed by atoms with Gasteiger partial charge in [-0.15, -0.1) is 0 Å². The minimum absolute atomic E-state index is 0.0230. The van der Waals surface area contributed by atoms with Gasteiger partial charge in [-0.1, -0.05) is 44.1 Å².